The fourth-order valence-corrected chi connectivity index (χ4v) is 8.41. The summed E-state index contributed by atoms with van der Waals surface area (Å²) in [5.41, 5.74) is 11.8. The zero-order chi connectivity index (χ0) is 52.2. The SMILES string of the molecule is CCn1nc(S(=O)(=O)NC(=O)Nc2c(-c3ccnc(C#N)c3)cc(F)cc2C(C)C)cc1CN(C)C.CCn1nc(S(N)(=O)=O)cc1CN(C)C.[C-]#[N+]c1cc(-c2cc(F)cc(C(C)C)c2N)ccn1. The number of sulfonamides is 2. The fraction of sp³-hybridized carbons (Fsp3) is 0.340. The Balaban J connectivity index is 0.000000260. The Kier molecular flexibility index (Phi) is 18.9. The summed E-state index contributed by atoms with van der Waals surface area (Å²) in [5, 5.41) is 24.5. The average Bonchev–Trinajstić information content (AvgIpc) is 3.91. The minimum absolute atomic E-state index is 0.0683. The summed E-state index contributed by atoms with van der Waals surface area (Å²) in [5.74, 6) is -0.670. The second-order valence-electron chi connectivity index (χ2n) is 16.9. The lowest BCUT2D eigenvalue weighted by Crippen LogP contribution is -2.35. The highest BCUT2D eigenvalue weighted by atomic mass is 32.2. The molecule has 0 atom stereocenters. The van der Waals surface area contributed by atoms with Crippen molar-refractivity contribution >= 4 is 43.3 Å². The maximum absolute atomic E-state index is 14.5. The summed E-state index contributed by atoms with van der Waals surface area (Å²) in [4.78, 5) is 27.8. The first kappa shape index (κ1) is 55.4. The van der Waals surface area contributed by atoms with E-state index < -0.39 is 31.9 Å². The Labute approximate surface area is 408 Å². The van der Waals surface area contributed by atoms with Crippen LogP contribution in [0.15, 0.2) is 83.1 Å². The second-order valence-corrected chi connectivity index (χ2v) is 20.0. The van der Waals surface area contributed by atoms with Crippen molar-refractivity contribution in [2.45, 2.75) is 89.6 Å². The normalized spacial score (nSPS) is 11.4. The molecule has 0 spiro atoms. The van der Waals surface area contributed by atoms with Crippen LogP contribution in [0.5, 0.6) is 0 Å². The monoisotopic (exact) mass is 1000 g/mol. The van der Waals surface area contributed by atoms with Crippen LogP contribution in [0.4, 0.5) is 30.8 Å². The molecule has 0 aliphatic rings. The molecule has 0 fully saturated rings. The number of hydrogen-bond acceptors (Lipinski definition) is 13. The van der Waals surface area contributed by atoms with Gasteiger partial charge in [0.15, 0.2) is 10.1 Å². The molecule has 70 heavy (non-hydrogen) atoms. The van der Waals surface area contributed by atoms with E-state index in [-0.39, 0.29) is 50.5 Å². The summed E-state index contributed by atoms with van der Waals surface area (Å²) >= 11 is 0. The molecule has 0 radical (unpaired) electrons. The largest absolute Gasteiger partial charge is 0.398 e. The molecule has 2 amide bonds. The zero-order valence-electron chi connectivity index (χ0n) is 40.7. The smallest absolute Gasteiger partial charge is 0.333 e. The molecular formula is C47H58F2N14O5S2. The number of aromatic nitrogens is 6. The highest BCUT2D eigenvalue weighted by Crippen LogP contribution is 2.37. The van der Waals surface area contributed by atoms with Gasteiger partial charge in [0.25, 0.3) is 25.9 Å². The number of carbonyl (C=O) groups is 1. The molecule has 6 N–H and O–H groups in total. The van der Waals surface area contributed by atoms with Crippen LogP contribution in [-0.4, -0.2) is 90.4 Å². The van der Waals surface area contributed by atoms with Gasteiger partial charge >= 0.3 is 6.03 Å². The van der Waals surface area contributed by atoms with E-state index in [2.05, 4.69) is 30.3 Å². The van der Waals surface area contributed by atoms with Crippen LogP contribution in [0.1, 0.15) is 81.6 Å². The molecule has 0 saturated carbocycles. The van der Waals surface area contributed by atoms with Gasteiger partial charge in [0.2, 0.25) is 0 Å². The number of pyridine rings is 2. The van der Waals surface area contributed by atoms with E-state index in [0.717, 1.165) is 11.3 Å². The Morgan fingerprint density at radius 1 is 0.786 bits per heavy atom. The Hall–Kier alpha value is -7.15. The number of halogens is 2. The number of amides is 2. The summed E-state index contributed by atoms with van der Waals surface area (Å²) in [7, 11) is -0.486. The lowest BCUT2D eigenvalue weighted by atomic mass is 9.94. The van der Waals surface area contributed by atoms with Gasteiger partial charge in [0.1, 0.15) is 29.6 Å². The van der Waals surface area contributed by atoms with E-state index in [1.165, 1.54) is 54.9 Å². The second kappa shape index (κ2) is 23.9. The van der Waals surface area contributed by atoms with E-state index in [1.807, 2.05) is 90.3 Å². The summed E-state index contributed by atoms with van der Waals surface area (Å²) in [6, 6.07) is 15.5. The van der Waals surface area contributed by atoms with Gasteiger partial charge in [-0.25, -0.2) is 36.8 Å². The number of aryl methyl sites for hydroxylation is 2. The standard InChI is InChI=1S/C24H28FN7O3S.C15H14FN3.C8H16N4O2S/c1-6-32-19(14-31(4)5)12-22(29-32)36(34,35)30-24(33)28-23-20(15(2)3)10-17(25)11-21(23)16-7-8-27-18(9-16)13-26;1-9(2)12-7-11(16)8-13(15(12)17)10-4-5-19-14(6-10)18-3;1-4-12-7(6-11(2)3)5-8(10-12)15(9,13)14/h7-12,15H,6,14H2,1-5H3,(H2,28,30,33);4-9H,17H2,1-2H3;5H,4,6H2,1-3H3,(H2,9,13,14). The van der Waals surface area contributed by atoms with Crippen LogP contribution in [0.3, 0.4) is 0 Å². The van der Waals surface area contributed by atoms with Crippen molar-refractivity contribution in [1.29, 1.82) is 5.26 Å². The van der Waals surface area contributed by atoms with Gasteiger partial charge in [-0.1, -0.05) is 34.3 Å². The molecule has 4 heterocycles. The molecular weight excluding hydrogens is 943 g/mol. The zero-order valence-corrected chi connectivity index (χ0v) is 42.3. The van der Waals surface area contributed by atoms with Gasteiger partial charge in [-0.15, -0.1) is 4.98 Å². The first-order valence-electron chi connectivity index (χ1n) is 21.7. The molecule has 4 aromatic heterocycles. The van der Waals surface area contributed by atoms with Crippen molar-refractivity contribution < 1.29 is 30.4 Å². The van der Waals surface area contributed by atoms with Gasteiger partial charge in [-0.3, -0.25) is 9.36 Å². The number of anilines is 2. The fourth-order valence-electron chi connectivity index (χ4n) is 7.00. The number of nitrogens with one attached hydrogen (secondary N) is 2. The van der Waals surface area contributed by atoms with Crippen molar-refractivity contribution in [3.63, 3.8) is 0 Å². The number of primary sulfonamides is 1. The molecule has 0 unspecified atom stereocenters. The van der Waals surface area contributed by atoms with E-state index in [9.17, 15) is 35.7 Å². The minimum atomic E-state index is -4.30. The van der Waals surface area contributed by atoms with Crippen LogP contribution in [0.2, 0.25) is 0 Å². The van der Waals surface area contributed by atoms with Crippen LogP contribution in [0.25, 0.3) is 27.1 Å². The Bertz CT molecular complexity index is 3140. The predicted molar refractivity (Wildman–Crippen MR) is 264 cm³/mol. The van der Waals surface area contributed by atoms with Crippen molar-refractivity contribution in [3.8, 4) is 28.3 Å². The molecule has 6 rings (SSSR count). The number of carbonyl (C=O) groups excluding carboxylic acids is 1. The first-order valence-corrected chi connectivity index (χ1v) is 24.8. The van der Waals surface area contributed by atoms with Gasteiger partial charge in [0.05, 0.1) is 17.1 Å². The Morgan fingerprint density at radius 2 is 1.29 bits per heavy atom. The molecule has 6 aromatic rings. The minimum Gasteiger partial charge on any atom is -0.398 e. The predicted octanol–water partition coefficient (Wildman–Crippen LogP) is 7.43. The summed E-state index contributed by atoms with van der Waals surface area (Å²) in [6.45, 7) is 20.4. The van der Waals surface area contributed by atoms with E-state index in [0.29, 0.717) is 59.8 Å². The van der Waals surface area contributed by atoms with E-state index >= 15 is 0 Å². The Morgan fingerprint density at radius 3 is 1.79 bits per heavy atom. The van der Waals surface area contributed by atoms with E-state index in [1.54, 1.807) is 27.6 Å². The third-order valence-corrected chi connectivity index (χ3v) is 12.2. The van der Waals surface area contributed by atoms with Crippen LogP contribution < -0.4 is 20.9 Å². The molecule has 372 valence electrons. The number of urea groups is 1. The van der Waals surface area contributed by atoms with Gasteiger partial charge in [-0.05, 0) is 125 Å². The molecule has 23 heteroatoms. The average molecular weight is 1000 g/mol. The molecule has 0 aliphatic carbocycles. The summed E-state index contributed by atoms with van der Waals surface area (Å²) in [6.07, 6.45) is 2.93. The van der Waals surface area contributed by atoms with Crippen molar-refractivity contribution in [2.75, 3.05) is 39.2 Å². The van der Waals surface area contributed by atoms with Gasteiger partial charge < -0.3 is 25.7 Å². The van der Waals surface area contributed by atoms with Crippen molar-refractivity contribution in [1.82, 2.24) is 44.1 Å². The summed E-state index contributed by atoms with van der Waals surface area (Å²) < 4.78 is 81.5. The lowest BCUT2D eigenvalue weighted by molar-refractivity contribution is 0.256. The number of nitrogens with two attached hydrogens (primary N) is 2. The number of hydrogen-bond donors (Lipinski definition) is 4. The molecule has 19 nitrogen and oxygen atoms in total. The van der Waals surface area contributed by atoms with Gasteiger partial charge in [-0.2, -0.15) is 23.9 Å². The molecule has 0 bridgehead atoms. The molecule has 2 aromatic carbocycles. The number of nitrogens with zero attached hydrogens (tertiary/aromatic N) is 10. The number of nitrogen functional groups attached to an aromatic ring is 1. The van der Waals surface area contributed by atoms with Crippen LogP contribution in [0, 0.1) is 29.5 Å². The third kappa shape index (κ3) is 14.7. The van der Waals surface area contributed by atoms with Gasteiger partial charge in [0, 0.05) is 61.3 Å². The molecule has 0 aliphatic heterocycles. The van der Waals surface area contributed by atoms with Crippen molar-refractivity contribution in [3.05, 3.63) is 124 Å². The first-order chi connectivity index (χ1) is 32.8. The third-order valence-electron chi connectivity index (χ3n) is 10.2. The number of benzene rings is 2. The lowest BCUT2D eigenvalue weighted by Gasteiger charge is -2.19. The topological polar surface area (TPSA) is 258 Å². The maximum Gasteiger partial charge on any atom is 0.333 e. The van der Waals surface area contributed by atoms with Crippen LogP contribution >= 0.6 is 0 Å². The number of rotatable bonds is 14. The number of nitriles is 1. The van der Waals surface area contributed by atoms with E-state index in [4.69, 9.17) is 17.4 Å². The molecule has 0 saturated heterocycles. The highest BCUT2D eigenvalue weighted by Gasteiger charge is 2.25. The highest BCUT2D eigenvalue weighted by molar-refractivity contribution is 7.90. The quantitative estimate of drug-likeness (QED) is 0.0612. The van der Waals surface area contributed by atoms with Crippen molar-refractivity contribution in [2.24, 2.45) is 5.14 Å². The maximum atomic E-state index is 14.5. The van der Waals surface area contributed by atoms with Crippen LogP contribution in [-0.2, 0) is 46.2 Å².